The molecule has 0 saturated carbocycles. The Bertz CT molecular complexity index is 1510. The van der Waals surface area contributed by atoms with Crippen LogP contribution in [0.1, 0.15) is 24.1 Å². The number of ether oxygens (including phenoxy) is 1. The van der Waals surface area contributed by atoms with E-state index in [2.05, 4.69) is 10.6 Å². The van der Waals surface area contributed by atoms with E-state index in [0.29, 0.717) is 50.1 Å². The summed E-state index contributed by atoms with van der Waals surface area (Å²) in [6, 6.07) is 19.8. The molecular weight excluding hydrogens is 497 g/mol. The number of carbonyl (C=O) groups is 1. The van der Waals surface area contributed by atoms with E-state index >= 15 is 0 Å². The highest BCUT2D eigenvalue weighted by molar-refractivity contribution is 6.42. The Morgan fingerprint density at radius 2 is 1.83 bits per heavy atom. The molecule has 1 aliphatic rings. The molecule has 2 N–H and O–H groups in total. The Labute approximate surface area is 218 Å². The Morgan fingerprint density at radius 1 is 1.06 bits per heavy atom. The molecule has 0 saturated heterocycles. The SMILES string of the molecule is COc1ccccc1NC(=O)C1=C(C)Nc2nc(-c3cccc(C)c3)nn2C1c1cccc(Cl)c1Cl. The van der Waals surface area contributed by atoms with Crippen LogP contribution in [-0.4, -0.2) is 27.8 Å². The van der Waals surface area contributed by atoms with E-state index in [1.807, 2.05) is 56.3 Å². The summed E-state index contributed by atoms with van der Waals surface area (Å²) in [5.41, 5.74) is 4.20. The molecular formula is C27H23Cl2N5O2. The van der Waals surface area contributed by atoms with Crippen molar-refractivity contribution in [2.24, 2.45) is 0 Å². The van der Waals surface area contributed by atoms with Gasteiger partial charge >= 0.3 is 0 Å². The van der Waals surface area contributed by atoms with Crippen LogP contribution >= 0.6 is 23.2 Å². The van der Waals surface area contributed by atoms with Crippen LogP contribution in [0.3, 0.4) is 0 Å². The van der Waals surface area contributed by atoms with Crippen LogP contribution in [-0.2, 0) is 4.79 Å². The molecule has 1 atom stereocenters. The smallest absolute Gasteiger partial charge is 0.255 e. The van der Waals surface area contributed by atoms with Gasteiger partial charge in [-0.3, -0.25) is 4.79 Å². The first-order valence-corrected chi connectivity index (χ1v) is 12.0. The molecule has 5 rings (SSSR count). The molecule has 3 aromatic carbocycles. The van der Waals surface area contributed by atoms with Crippen LogP contribution in [0, 0.1) is 6.92 Å². The van der Waals surface area contributed by atoms with Gasteiger partial charge in [0.25, 0.3) is 5.91 Å². The number of hydrogen-bond acceptors (Lipinski definition) is 5. The minimum absolute atomic E-state index is 0.330. The van der Waals surface area contributed by atoms with Crippen LogP contribution in [0.5, 0.6) is 5.75 Å². The lowest BCUT2D eigenvalue weighted by Gasteiger charge is -2.29. The summed E-state index contributed by atoms with van der Waals surface area (Å²) in [4.78, 5) is 18.5. The van der Waals surface area contributed by atoms with Gasteiger partial charge in [0.1, 0.15) is 11.8 Å². The Hall–Kier alpha value is -3.81. The van der Waals surface area contributed by atoms with Crippen molar-refractivity contribution in [3.8, 4) is 17.1 Å². The summed E-state index contributed by atoms with van der Waals surface area (Å²) >= 11 is 13.1. The summed E-state index contributed by atoms with van der Waals surface area (Å²) in [6.07, 6.45) is 0. The van der Waals surface area contributed by atoms with Gasteiger partial charge in [0, 0.05) is 16.8 Å². The van der Waals surface area contributed by atoms with Crippen molar-refractivity contribution in [2.45, 2.75) is 19.9 Å². The molecule has 4 aromatic rings. The monoisotopic (exact) mass is 519 g/mol. The molecule has 0 bridgehead atoms. The van der Waals surface area contributed by atoms with Gasteiger partial charge in [-0.2, -0.15) is 4.98 Å². The lowest BCUT2D eigenvalue weighted by Crippen LogP contribution is -2.31. The maximum atomic E-state index is 13.8. The van der Waals surface area contributed by atoms with Crippen molar-refractivity contribution < 1.29 is 9.53 Å². The number of rotatable bonds is 5. The van der Waals surface area contributed by atoms with Gasteiger partial charge in [0.05, 0.1) is 28.4 Å². The quantitative estimate of drug-likeness (QED) is 0.314. The first kappa shape index (κ1) is 23.9. The van der Waals surface area contributed by atoms with Crippen LogP contribution in [0.15, 0.2) is 78.0 Å². The van der Waals surface area contributed by atoms with Gasteiger partial charge in [0.2, 0.25) is 5.95 Å². The van der Waals surface area contributed by atoms with E-state index in [-0.39, 0.29) is 5.91 Å². The molecule has 1 unspecified atom stereocenters. The third kappa shape index (κ3) is 4.32. The summed E-state index contributed by atoms with van der Waals surface area (Å²) < 4.78 is 7.09. The van der Waals surface area contributed by atoms with Gasteiger partial charge in [0.15, 0.2) is 5.82 Å². The second-order valence-electron chi connectivity index (χ2n) is 8.44. The van der Waals surface area contributed by atoms with Gasteiger partial charge in [-0.05, 0) is 38.1 Å². The first-order valence-electron chi connectivity index (χ1n) is 11.3. The number of fused-ring (bicyclic) bond motifs is 1. The second-order valence-corrected chi connectivity index (χ2v) is 9.22. The zero-order chi connectivity index (χ0) is 25.4. The number of amides is 1. The van der Waals surface area contributed by atoms with Gasteiger partial charge in [-0.15, -0.1) is 5.10 Å². The molecule has 1 amide bonds. The summed E-state index contributed by atoms with van der Waals surface area (Å²) in [5, 5.41) is 11.8. The van der Waals surface area contributed by atoms with E-state index in [4.69, 9.17) is 38.0 Å². The van der Waals surface area contributed by atoms with Gasteiger partial charge in [-0.25, -0.2) is 4.68 Å². The third-order valence-electron chi connectivity index (χ3n) is 6.00. The van der Waals surface area contributed by atoms with Crippen molar-refractivity contribution in [2.75, 3.05) is 17.7 Å². The number of para-hydroxylation sites is 2. The number of nitrogens with zero attached hydrogens (tertiary/aromatic N) is 3. The Kier molecular flexibility index (Phi) is 6.43. The fraction of sp³-hybridized carbons (Fsp3) is 0.148. The average Bonchev–Trinajstić information content (AvgIpc) is 3.29. The molecule has 0 radical (unpaired) electrons. The second kappa shape index (κ2) is 9.68. The highest BCUT2D eigenvalue weighted by Crippen LogP contribution is 2.41. The largest absolute Gasteiger partial charge is 0.495 e. The van der Waals surface area contributed by atoms with Crippen molar-refractivity contribution in [3.63, 3.8) is 0 Å². The van der Waals surface area contributed by atoms with Crippen LogP contribution in [0.25, 0.3) is 11.4 Å². The topological polar surface area (TPSA) is 81.1 Å². The normalized spacial score (nSPS) is 14.8. The predicted molar refractivity (Wildman–Crippen MR) is 143 cm³/mol. The number of benzene rings is 3. The molecule has 36 heavy (non-hydrogen) atoms. The molecule has 0 fully saturated rings. The molecule has 0 spiro atoms. The Morgan fingerprint density at radius 3 is 2.61 bits per heavy atom. The number of halogens is 2. The number of allylic oxidation sites excluding steroid dienone is 1. The van der Waals surface area contributed by atoms with Crippen molar-refractivity contribution in [1.82, 2.24) is 14.8 Å². The van der Waals surface area contributed by atoms with E-state index in [0.717, 1.165) is 11.1 Å². The molecule has 182 valence electrons. The molecule has 9 heteroatoms. The maximum absolute atomic E-state index is 13.8. The van der Waals surface area contributed by atoms with Crippen LogP contribution < -0.4 is 15.4 Å². The minimum atomic E-state index is -0.673. The number of aryl methyl sites for hydroxylation is 1. The Balaban J connectivity index is 1.64. The summed E-state index contributed by atoms with van der Waals surface area (Å²) in [5.74, 6) is 1.25. The number of nitrogens with one attached hydrogen (secondary N) is 2. The fourth-order valence-electron chi connectivity index (χ4n) is 4.31. The number of hydrogen-bond donors (Lipinski definition) is 2. The summed E-state index contributed by atoms with van der Waals surface area (Å²) in [7, 11) is 1.56. The number of methoxy groups -OCH3 is 1. The van der Waals surface area contributed by atoms with E-state index in [9.17, 15) is 4.79 Å². The lowest BCUT2D eigenvalue weighted by atomic mass is 9.95. The van der Waals surface area contributed by atoms with Crippen molar-refractivity contribution in [1.29, 1.82) is 0 Å². The van der Waals surface area contributed by atoms with Crippen LogP contribution in [0.4, 0.5) is 11.6 Å². The molecule has 0 aliphatic carbocycles. The predicted octanol–water partition coefficient (Wildman–Crippen LogP) is 6.50. The fourth-order valence-corrected chi connectivity index (χ4v) is 4.72. The van der Waals surface area contributed by atoms with Crippen molar-refractivity contribution >= 4 is 40.7 Å². The molecule has 1 aliphatic heterocycles. The number of aromatic nitrogens is 3. The zero-order valence-corrected chi connectivity index (χ0v) is 21.4. The van der Waals surface area contributed by atoms with Gasteiger partial charge in [-0.1, -0.05) is 71.2 Å². The van der Waals surface area contributed by atoms with E-state index < -0.39 is 6.04 Å². The highest BCUT2D eigenvalue weighted by Gasteiger charge is 2.36. The lowest BCUT2D eigenvalue weighted by molar-refractivity contribution is -0.113. The standard InChI is InChI=1S/C27H23Cl2N5O2/c1-15-8-6-9-17(14-15)25-32-27-30-16(2)22(26(35)31-20-12-4-5-13-21(20)36-3)24(34(27)33-25)18-10-7-11-19(28)23(18)29/h4-14,24H,1-3H3,(H,31,35)(H,30,32,33). The van der Waals surface area contributed by atoms with Gasteiger partial charge < -0.3 is 15.4 Å². The molecule has 1 aromatic heterocycles. The zero-order valence-electron chi connectivity index (χ0n) is 19.8. The molecule has 2 heterocycles. The van der Waals surface area contributed by atoms with E-state index in [1.165, 1.54) is 0 Å². The van der Waals surface area contributed by atoms with Crippen LogP contribution in [0.2, 0.25) is 10.0 Å². The summed E-state index contributed by atoms with van der Waals surface area (Å²) in [6.45, 7) is 3.84. The third-order valence-corrected chi connectivity index (χ3v) is 6.84. The number of carbonyl (C=O) groups excluding carboxylic acids is 1. The minimum Gasteiger partial charge on any atom is -0.495 e. The number of anilines is 2. The maximum Gasteiger partial charge on any atom is 0.255 e. The first-order chi connectivity index (χ1) is 17.4. The average molecular weight is 520 g/mol. The van der Waals surface area contributed by atoms with Crippen molar-refractivity contribution in [3.05, 3.63) is 99.2 Å². The van der Waals surface area contributed by atoms with E-state index in [1.54, 1.807) is 36.1 Å². The highest BCUT2D eigenvalue weighted by atomic mass is 35.5. The molecule has 7 nitrogen and oxygen atoms in total.